The highest BCUT2D eigenvalue weighted by molar-refractivity contribution is 5.93. The first-order chi connectivity index (χ1) is 14.6. The van der Waals surface area contributed by atoms with E-state index >= 15 is 0 Å². The summed E-state index contributed by atoms with van der Waals surface area (Å²) < 4.78 is 0. The van der Waals surface area contributed by atoms with Crippen LogP contribution >= 0.6 is 0 Å². The molecule has 2 unspecified atom stereocenters. The number of ketones is 1. The molecule has 0 amide bonds. The van der Waals surface area contributed by atoms with Crippen LogP contribution in [0.15, 0.2) is 0 Å². The number of aliphatic hydroxyl groups excluding tert-OH is 1. The largest absolute Gasteiger partial charge is 0.481 e. The zero-order chi connectivity index (χ0) is 22.8. The average Bonchev–Trinajstić information content (AvgIpc) is 3.06. The zero-order valence-corrected chi connectivity index (χ0v) is 20.3. The lowest BCUT2D eigenvalue weighted by atomic mass is 9.36. The van der Waals surface area contributed by atoms with Crippen molar-refractivity contribution < 1.29 is 19.8 Å². The first-order valence-corrected chi connectivity index (χ1v) is 13.0. The molecule has 4 aliphatic rings. The van der Waals surface area contributed by atoms with Gasteiger partial charge in [0.2, 0.25) is 0 Å². The quantitative estimate of drug-likeness (QED) is 0.583. The molecular formula is C27H44O4. The molecule has 10 atom stereocenters. The number of rotatable bonds is 5. The fourth-order valence-electron chi connectivity index (χ4n) is 9.84. The minimum atomic E-state index is -1.11. The van der Waals surface area contributed by atoms with E-state index in [9.17, 15) is 19.8 Å². The van der Waals surface area contributed by atoms with Crippen LogP contribution in [0.3, 0.4) is 0 Å². The summed E-state index contributed by atoms with van der Waals surface area (Å²) in [5, 5.41) is 21.1. The fourth-order valence-corrected chi connectivity index (χ4v) is 9.84. The molecule has 4 fully saturated rings. The Kier molecular flexibility index (Phi) is 5.89. The van der Waals surface area contributed by atoms with Crippen LogP contribution in [0.25, 0.3) is 0 Å². The minimum absolute atomic E-state index is 0.00949. The summed E-state index contributed by atoms with van der Waals surface area (Å²) in [5.74, 6) is 0.824. The van der Waals surface area contributed by atoms with Crippen molar-refractivity contribution in [3.63, 3.8) is 0 Å². The van der Waals surface area contributed by atoms with Gasteiger partial charge in [-0.1, -0.05) is 47.5 Å². The Balaban J connectivity index is 1.77. The molecule has 2 N–H and O–H groups in total. The summed E-state index contributed by atoms with van der Waals surface area (Å²) in [5.41, 5.74) is -1.32. The van der Waals surface area contributed by atoms with E-state index in [1.165, 1.54) is 19.3 Å². The van der Waals surface area contributed by atoms with Gasteiger partial charge in [0, 0.05) is 11.8 Å². The molecule has 0 aliphatic heterocycles. The Hall–Kier alpha value is -0.900. The van der Waals surface area contributed by atoms with Crippen LogP contribution in [0, 0.1) is 51.8 Å². The predicted molar refractivity (Wildman–Crippen MR) is 121 cm³/mol. The second kappa shape index (κ2) is 7.85. The monoisotopic (exact) mass is 432 g/mol. The summed E-state index contributed by atoms with van der Waals surface area (Å²) in [6.07, 6.45) is 8.48. The van der Waals surface area contributed by atoms with E-state index in [-0.39, 0.29) is 29.5 Å². The second-order valence-corrected chi connectivity index (χ2v) is 12.2. The molecule has 0 heterocycles. The van der Waals surface area contributed by atoms with E-state index in [1.54, 1.807) is 0 Å². The van der Waals surface area contributed by atoms with Crippen LogP contribution in [0.2, 0.25) is 0 Å². The molecule has 4 aliphatic carbocycles. The lowest BCUT2D eigenvalue weighted by Crippen LogP contribution is -2.68. The van der Waals surface area contributed by atoms with Gasteiger partial charge < -0.3 is 10.2 Å². The summed E-state index contributed by atoms with van der Waals surface area (Å²) in [4.78, 5) is 27.0. The fraction of sp³-hybridized carbons (Fsp3) is 0.926. The normalized spacial score (nSPS) is 50.3. The van der Waals surface area contributed by atoms with Crippen LogP contribution in [0.5, 0.6) is 0 Å². The standard InChI is InChI=1S/C27H44O4/c1-6-8-16(3)19-9-10-20-22-21(12-13-25(19,20)4)26(5)14-11-17(28)15-27(26,24(30)31)18(7-2)23(22)29/h16-22,28H,6-15H2,1-5H3,(H,30,31)/t16-,17?,18+,19-,20+,21+,22+,25-,26-,27?/m1/s1. The number of carboxylic acid groups (broad SMARTS) is 1. The van der Waals surface area contributed by atoms with E-state index in [0.717, 1.165) is 25.7 Å². The number of hydrogen-bond donors (Lipinski definition) is 2. The topological polar surface area (TPSA) is 74.6 Å². The van der Waals surface area contributed by atoms with E-state index in [4.69, 9.17) is 0 Å². The number of hydrogen-bond acceptors (Lipinski definition) is 3. The number of aliphatic hydroxyl groups is 1. The first kappa shape index (κ1) is 23.3. The summed E-state index contributed by atoms with van der Waals surface area (Å²) in [6, 6.07) is 0. The lowest BCUT2D eigenvalue weighted by molar-refractivity contribution is -0.217. The maximum absolute atomic E-state index is 14.1. The highest BCUT2D eigenvalue weighted by Crippen LogP contribution is 2.72. The Morgan fingerprint density at radius 1 is 1.10 bits per heavy atom. The van der Waals surface area contributed by atoms with Crippen LogP contribution in [0.4, 0.5) is 0 Å². The van der Waals surface area contributed by atoms with Crippen molar-refractivity contribution in [2.45, 2.75) is 105 Å². The molecular weight excluding hydrogens is 388 g/mol. The van der Waals surface area contributed by atoms with E-state index in [2.05, 4.69) is 27.7 Å². The Bertz CT molecular complexity index is 733. The summed E-state index contributed by atoms with van der Waals surface area (Å²) in [7, 11) is 0. The molecule has 0 aromatic rings. The van der Waals surface area contributed by atoms with Crippen LogP contribution < -0.4 is 0 Å². The smallest absolute Gasteiger partial charge is 0.311 e. The van der Waals surface area contributed by atoms with Gasteiger partial charge in [0.25, 0.3) is 0 Å². The number of carbonyl (C=O) groups excluding carboxylic acids is 1. The summed E-state index contributed by atoms with van der Waals surface area (Å²) >= 11 is 0. The molecule has 0 radical (unpaired) electrons. The molecule has 0 aromatic heterocycles. The molecule has 4 saturated carbocycles. The second-order valence-electron chi connectivity index (χ2n) is 12.2. The lowest BCUT2D eigenvalue weighted by Gasteiger charge is -2.65. The van der Waals surface area contributed by atoms with E-state index in [1.807, 2.05) is 6.92 Å². The van der Waals surface area contributed by atoms with Crippen LogP contribution in [-0.4, -0.2) is 28.1 Å². The average molecular weight is 433 g/mol. The molecule has 4 heteroatoms. The van der Waals surface area contributed by atoms with Crippen molar-refractivity contribution in [1.82, 2.24) is 0 Å². The van der Waals surface area contributed by atoms with Crippen LogP contribution in [0.1, 0.15) is 98.8 Å². The van der Waals surface area contributed by atoms with Crippen molar-refractivity contribution in [2.24, 2.45) is 51.8 Å². The first-order valence-electron chi connectivity index (χ1n) is 13.0. The van der Waals surface area contributed by atoms with Gasteiger partial charge in [-0.25, -0.2) is 0 Å². The molecule has 4 rings (SSSR count). The maximum Gasteiger partial charge on any atom is 0.311 e. The highest BCUT2D eigenvalue weighted by Gasteiger charge is 2.72. The van der Waals surface area contributed by atoms with Gasteiger partial charge in [-0.2, -0.15) is 0 Å². The number of carboxylic acids is 1. The Labute approximate surface area is 188 Å². The number of Topliss-reactive ketones (excluding diaryl/α,β-unsaturated/α-hetero) is 1. The SMILES string of the molecule is CCC[C@@H](C)[C@H]1CC[C@H]2[C@@H]3C(=O)[C@H](CC)C4(C(=O)O)CC(O)CC[C@]4(C)[C@H]3CC[C@]12C. The van der Waals surface area contributed by atoms with Gasteiger partial charge in [0.1, 0.15) is 5.78 Å². The number of aliphatic carboxylic acids is 1. The van der Waals surface area contributed by atoms with Gasteiger partial charge in [-0.15, -0.1) is 0 Å². The van der Waals surface area contributed by atoms with Crippen molar-refractivity contribution in [3.05, 3.63) is 0 Å². The highest BCUT2D eigenvalue weighted by atomic mass is 16.4. The Morgan fingerprint density at radius 2 is 1.81 bits per heavy atom. The third-order valence-corrected chi connectivity index (χ3v) is 11.2. The third kappa shape index (κ3) is 2.95. The molecule has 0 spiro atoms. The van der Waals surface area contributed by atoms with Gasteiger partial charge >= 0.3 is 5.97 Å². The Morgan fingerprint density at radius 3 is 2.42 bits per heavy atom. The van der Waals surface area contributed by atoms with Crippen LogP contribution in [-0.2, 0) is 9.59 Å². The predicted octanol–water partition coefficient (Wildman–Crippen LogP) is 5.71. The van der Waals surface area contributed by atoms with Crippen molar-refractivity contribution in [3.8, 4) is 0 Å². The van der Waals surface area contributed by atoms with Gasteiger partial charge in [-0.05, 0) is 85.9 Å². The minimum Gasteiger partial charge on any atom is -0.481 e. The van der Waals surface area contributed by atoms with Gasteiger partial charge in [-0.3, -0.25) is 9.59 Å². The number of carbonyl (C=O) groups is 2. The molecule has 0 bridgehead atoms. The maximum atomic E-state index is 14.1. The zero-order valence-electron chi connectivity index (χ0n) is 20.3. The molecule has 0 aromatic carbocycles. The number of fused-ring (bicyclic) bond motifs is 5. The molecule has 4 nitrogen and oxygen atoms in total. The third-order valence-electron chi connectivity index (χ3n) is 11.2. The van der Waals surface area contributed by atoms with Crippen molar-refractivity contribution in [1.29, 1.82) is 0 Å². The molecule has 0 saturated heterocycles. The van der Waals surface area contributed by atoms with Gasteiger partial charge in [0.15, 0.2) is 0 Å². The van der Waals surface area contributed by atoms with Gasteiger partial charge in [0.05, 0.1) is 11.5 Å². The summed E-state index contributed by atoms with van der Waals surface area (Å²) in [6.45, 7) is 11.3. The molecule has 31 heavy (non-hydrogen) atoms. The van der Waals surface area contributed by atoms with Crippen molar-refractivity contribution >= 4 is 11.8 Å². The molecule has 176 valence electrons. The van der Waals surface area contributed by atoms with E-state index < -0.39 is 28.8 Å². The van der Waals surface area contributed by atoms with Crippen molar-refractivity contribution in [2.75, 3.05) is 0 Å². The van der Waals surface area contributed by atoms with E-state index in [0.29, 0.717) is 30.6 Å².